The average molecular weight is 250 g/mol. The maximum Gasteiger partial charge on any atom is 0.127 e. The lowest BCUT2D eigenvalue weighted by Crippen LogP contribution is -2.26. The van der Waals surface area contributed by atoms with Gasteiger partial charge in [0.15, 0.2) is 0 Å². The number of halogens is 1. The van der Waals surface area contributed by atoms with E-state index >= 15 is 0 Å². The Morgan fingerprint density at radius 1 is 1.39 bits per heavy atom. The van der Waals surface area contributed by atoms with E-state index in [1.54, 1.807) is 24.7 Å². The van der Waals surface area contributed by atoms with E-state index in [9.17, 15) is 9.50 Å². The summed E-state index contributed by atoms with van der Waals surface area (Å²) in [4.78, 5) is 0. The Balaban J connectivity index is 2.54. The molecule has 0 radical (unpaired) electrons. The minimum Gasteiger partial charge on any atom is -0.389 e. The predicted molar refractivity (Wildman–Crippen MR) is 70.1 cm³/mol. The van der Waals surface area contributed by atoms with Crippen LogP contribution in [0.3, 0.4) is 0 Å². The first-order valence-electron chi connectivity index (χ1n) is 6.15. The van der Waals surface area contributed by atoms with Gasteiger partial charge < -0.3 is 5.11 Å². The van der Waals surface area contributed by atoms with Gasteiger partial charge in [0.2, 0.25) is 0 Å². The Morgan fingerprint density at radius 3 is 2.61 bits per heavy atom. The molecule has 1 aromatic heterocycles. The van der Waals surface area contributed by atoms with Gasteiger partial charge in [0.05, 0.1) is 23.9 Å². The van der Waals surface area contributed by atoms with Crippen LogP contribution in [-0.2, 0) is 6.54 Å². The lowest BCUT2D eigenvalue weighted by Gasteiger charge is -2.18. The molecule has 1 N–H and O–H groups in total. The van der Waals surface area contributed by atoms with Gasteiger partial charge >= 0.3 is 0 Å². The zero-order valence-electron chi connectivity index (χ0n) is 11.2. The quantitative estimate of drug-likeness (QED) is 0.909. The van der Waals surface area contributed by atoms with E-state index in [4.69, 9.17) is 0 Å². The molecule has 0 amide bonds. The van der Waals surface area contributed by atoms with Crippen LogP contribution in [0.1, 0.15) is 39.2 Å². The molecule has 1 heterocycles. The molecule has 18 heavy (non-hydrogen) atoms. The van der Waals surface area contributed by atoms with Crippen LogP contribution in [0.5, 0.6) is 0 Å². The highest BCUT2D eigenvalue weighted by Gasteiger charge is 2.17. The van der Waals surface area contributed by atoms with Crippen molar-refractivity contribution in [3.8, 4) is 0 Å². The number of aliphatic hydroxyl groups is 1. The second kappa shape index (κ2) is 4.35. The van der Waals surface area contributed by atoms with Crippen molar-refractivity contribution in [1.82, 2.24) is 9.78 Å². The second-order valence-corrected chi connectivity index (χ2v) is 5.70. The van der Waals surface area contributed by atoms with Gasteiger partial charge in [0, 0.05) is 5.39 Å². The third kappa shape index (κ3) is 2.53. The fraction of sp³-hybridized carbons (Fsp3) is 0.500. The van der Waals surface area contributed by atoms with Crippen LogP contribution in [-0.4, -0.2) is 20.5 Å². The molecule has 0 fully saturated rings. The SMILES string of the molecule is CC(C)c1cc2c(cnn2CC(C)(C)O)cc1F. The predicted octanol–water partition coefficient (Wildman–Crippen LogP) is 3.07. The fourth-order valence-corrected chi connectivity index (χ4v) is 2.05. The molecule has 2 aromatic rings. The van der Waals surface area contributed by atoms with E-state index in [2.05, 4.69) is 5.10 Å². The van der Waals surface area contributed by atoms with Crippen LogP contribution in [0.4, 0.5) is 4.39 Å². The molecular weight excluding hydrogens is 231 g/mol. The molecule has 0 bridgehead atoms. The number of nitrogens with zero attached hydrogens (tertiary/aromatic N) is 2. The van der Waals surface area contributed by atoms with Crippen molar-refractivity contribution >= 4 is 10.9 Å². The van der Waals surface area contributed by atoms with Crippen LogP contribution < -0.4 is 0 Å². The summed E-state index contributed by atoms with van der Waals surface area (Å²) in [5.41, 5.74) is 0.702. The van der Waals surface area contributed by atoms with Gasteiger partial charge in [-0.05, 0) is 37.5 Å². The summed E-state index contributed by atoms with van der Waals surface area (Å²) < 4.78 is 15.6. The lowest BCUT2D eigenvalue weighted by atomic mass is 10.0. The Kier molecular flexibility index (Phi) is 3.15. The molecule has 0 aliphatic rings. The number of benzene rings is 1. The van der Waals surface area contributed by atoms with E-state index in [1.807, 2.05) is 19.9 Å². The summed E-state index contributed by atoms with van der Waals surface area (Å²) in [6.07, 6.45) is 1.63. The zero-order valence-corrected chi connectivity index (χ0v) is 11.2. The molecule has 1 aromatic carbocycles. The summed E-state index contributed by atoms with van der Waals surface area (Å²) in [5, 5.41) is 14.8. The van der Waals surface area contributed by atoms with Crippen molar-refractivity contribution in [2.24, 2.45) is 0 Å². The van der Waals surface area contributed by atoms with Crippen molar-refractivity contribution < 1.29 is 9.50 Å². The summed E-state index contributed by atoms with van der Waals surface area (Å²) in [6.45, 7) is 7.77. The van der Waals surface area contributed by atoms with Crippen molar-refractivity contribution in [3.05, 3.63) is 29.7 Å². The highest BCUT2D eigenvalue weighted by molar-refractivity contribution is 5.79. The molecule has 0 aliphatic heterocycles. The number of aromatic nitrogens is 2. The molecule has 98 valence electrons. The number of hydrogen-bond acceptors (Lipinski definition) is 2. The van der Waals surface area contributed by atoms with Crippen molar-refractivity contribution in [2.45, 2.75) is 45.8 Å². The smallest absolute Gasteiger partial charge is 0.127 e. The lowest BCUT2D eigenvalue weighted by molar-refractivity contribution is 0.0591. The highest BCUT2D eigenvalue weighted by Crippen LogP contribution is 2.25. The summed E-state index contributed by atoms with van der Waals surface area (Å²) in [7, 11) is 0. The van der Waals surface area contributed by atoms with Crippen molar-refractivity contribution in [2.75, 3.05) is 0 Å². The van der Waals surface area contributed by atoms with E-state index < -0.39 is 5.60 Å². The molecular formula is C14H19FN2O. The second-order valence-electron chi connectivity index (χ2n) is 5.70. The number of hydrogen-bond donors (Lipinski definition) is 1. The maximum absolute atomic E-state index is 13.8. The van der Waals surface area contributed by atoms with Gasteiger partial charge in [-0.1, -0.05) is 13.8 Å². The Morgan fingerprint density at radius 2 is 2.06 bits per heavy atom. The minimum atomic E-state index is -0.842. The van der Waals surface area contributed by atoms with Gasteiger partial charge in [0.1, 0.15) is 5.82 Å². The van der Waals surface area contributed by atoms with Crippen molar-refractivity contribution in [1.29, 1.82) is 0 Å². The summed E-state index contributed by atoms with van der Waals surface area (Å²) in [6, 6.07) is 3.34. The van der Waals surface area contributed by atoms with Crippen LogP contribution in [0, 0.1) is 5.82 Å². The largest absolute Gasteiger partial charge is 0.389 e. The van der Waals surface area contributed by atoms with Gasteiger partial charge in [-0.3, -0.25) is 4.68 Å². The Hall–Kier alpha value is -1.42. The third-order valence-corrected chi connectivity index (χ3v) is 2.92. The Labute approximate surface area is 106 Å². The molecule has 0 unspecified atom stereocenters. The fourth-order valence-electron chi connectivity index (χ4n) is 2.05. The number of fused-ring (bicyclic) bond motifs is 1. The molecule has 2 rings (SSSR count). The van der Waals surface area contributed by atoms with Crippen LogP contribution in [0.15, 0.2) is 18.3 Å². The van der Waals surface area contributed by atoms with Crippen LogP contribution in [0.25, 0.3) is 10.9 Å². The summed E-state index contributed by atoms with van der Waals surface area (Å²) >= 11 is 0. The first-order valence-corrected chi connectivity index (χ1v) is 6.15. The van der Waals surface area contributed by atoms with E-state index in [0.717, 1.165) is 10.9 Å². The maximum atomic E-state index is 13.8. The average Bonchev–Trinajstić information content (AvgIpc) is 2.56. The first kappa shape index (κ1) is 13.0. The molecule has 0 aliphatic carbocycles. The normalized spacial score (nSPS) is 12.6. The van der Waals surface area contributed by atoms with Gasteiger partial charge in [-0.15, -0.1) is 0 Å². The Bertz CT molecular complexity index is 567. The molecule has 3 nitrogen and oxygen atoms in total. The summed E-state index contributed by atoms with van der Waals surface area (Å²) in [5.74, 6) is -0.0693. The topological polar surface area (TPSA) is 38.0 Å². The van der Waals surface area contributed by atoms with E-state index in [-0.39, 0.29) is 11.7 Å². The zero-order chi connectivity index (χ0) is 13.5. The monoisotopic (exact) mass is 250 g/mol. The van der Waals surface area contributed by atoms with Crippen molar-refractivity contribution in [3.63, 3.8) is 0 Å². The molecule has 0 spiro atoms. The first-order chi connectivity index (χ1) is 8.28. The van der Waals surface area contributed by atoms with Gasteiger partial charge in [-0.25, -0.2) is 4.39 Å². The molecule has 4 heteroatoms. The molecule has 0 saturated heterocycles. The third-order valence-electron chi connectivity index (χ3n) is 2.92. The highest BCUT2D eigenvalue weighted by atomic mass is 19.1. The van der Waals surface area contributed by atoms with Gasteiger partial charge in [-0.2, -0.15) is 5.10 Å². The standard InChI is InChI=1S/C14H19FN2O/c1-9(2)11-6-13-10(5-12(11)15)7-16-17(13)8-14(3,4)18/h5-7,9,18H,8H2,1-4H3. The van der Waals surface area contributed by atoms with E-state index in [0.29, 0.717) is 12.1 Å². The number of rotatable bonds is 3. The van der Waals surface area contributed by atoms with Crippen LogP contribution >= 0.6 is 0 Å². The molecule has 0 saturated carbocycles. The molecule has 0 atom stereocenters. The van der Waals surface area contributed by atoms with E-state index in [1.165, 1.54) is 6.07 Å². The van der Waals surface area contributed by atoms with Crippen LogP contribution in [0.2, 0.25) is 0 Å². The minimum absolute atomic E-state index is 0.125. The van der Waals surface area contributed by atoms with Gasteiger partial charge in [0.25, 0.3) is 0 Å².